The van der Waals surface area contributed by atoms with Gasteiger partial charge in [0.15, 0.2) is 0 Å². The Hall–Kier alpha value is -0.316. The zero-order valence-corrected chi connectivity index (χ0v) is 10.9. The summed E-state index contributed by atoms with van der Waals surface area (Å²) in [6.45, 7) is 0. The Morgan fingerprint density at radius 2 is 2.07 bits per heavy atom. The van der Waals surface area contributed by atoms with Gasteiger partial charge in [0, 0.05) is 43.8 Å². The van der Waals surface area contributed by atoms with E-state index in [9.17, 15) is 4.79 Å². The molecule has 2 N–H and O–H groups in total. The van der Waals surface area contributed by atoms with Crippen LogP contribution in [-0.4, -0.2) is 5.91 Å². The molecule has 1 aliphatic rings. The summed E-state index contributed by atoms with van der Waals surface area (Å²) in [6.07, 6.45) is 1.57. The molecule has 0 unspecified atom stereocenters. The Kier molecular flexibility index (Phi) is 4.17. The van der Waals surface area contributed by atoms with Gasteiger partial charge in [-0.15, -0.1) is 0 Å². The van der Waals surface area contributed by atoms with Gasteiger partial charge < -0.3 is 15.8 Å². The molecule has 5 heteroatoms. The fourth-order valence-electron chi connectivity index (χ4n) is 1.08. The number of thioether (sulfide) groups is 1. The number of hydrogen-bond acceptors (Lipinski definition) is 3. The SMILES string of the molecule is [NH-]C(=O)C1=CNc2ccccc2S1.[Y]. The number of nitrogens with one attached hydrogen (secondary N) is 2. The van der Waals surface area contributed by atoms with Crippen molar-refractivity contribution in [3.63, 3.8) is 0 Å². The van der Waals surface area contributed by atoms with Gasteiger partial charge in [0.1, 0.15) is 0 Å². The first-order chi connectivity index (χ1) is 6.27. The summed E-state index contributed by atoms with van der Waals surface area (Å²) in [4.78, 5) is 12.2. The Morgan fingerprint density at radius 3 is 2.79 bits per heavy atom. The third-order valence-electron chi connectivity index (χ3n) is 1.69. The second kappa shape index (κ2) is 4.96. The summed E-state index contributed by atoms with van der Waals surface area (Å²) >= 11 is 1.33. The van der Waals surface area contributed by atoms with Crippen molar-refractivity contribution in [2.75, 3.05) is 5.32 Å². The minimum atomic E-state index is -0.646. The number of benzene rings is 1. The van der Waals surface area contributed by atoms with E-state index in [0.717, 1.165) is 10.6 Å². The van der Waals surface area contributed by atoms with Crippen LogP contribution in [0.25, 0.3) is 5.73 Å². The average Bonchev–Trinajstić information content (AvgIpc) is 2.17. The Bertz CT molecular complexity index is 392. The Labute approximate surface area is 111 Å². The van der Waals surface area contributed by atoms with Gasteiger partial charge in [0.05, 0.1) is 16.5 Å². The third kappa shape index (κ3) is 2.38. The van der Waals surface area contributed by atoms with Gasteiger partial charge in [0.25, 0.3) is 0 Å². The molecule has 0 saturated heterocycles. The fraction of sp³-hybridized carbons (Fsp3) is 0. The summed E-state index contributed by atoms with van der Waals surface area (Å²) in [7, 11) is 0. The topological polar surface area (TPSA) is 52.9 Å². The zero-order chi connectivity index (χ0) is 9.26. The maximum atomic E-state index is 10.7. The molecule has 1 aromatic rings. The average molecular weight is 280 g/mol. The normalized spacial score (nSPS) is 13.0. The van der Waals surface area contributed by atoms with E-state index in [-0.39, 0.29) is 32.7 Å². The van der Waals surface area contributed by atoms with Gasteiger partial charge in [-0.25, -0.2) is 0 Å². The summed E-state index contributed by atoms with van der Waals surface area (Å²) in [5, 5.41) is 2.97. The smallest absolute Gasteiger partial charge is 0.0879 e. The molecule has 0 fully saturated rings. The number of rotatable bonds is 1. The second-order valence-corrected chi connectivity index (χ2v) is 3.66. The van der Waals surface area contributed by atoms with Crippen LogP contribution < -0.4 is 5.32 Å². The predicted molar refractivity (Wildman–Crippen MR) is 53.3 cm³/mol. The van der Waals surface area contributed by atoms with Crippen molar-refractivity contribution in [1.29, 1.82) is 0 Å². The van der Waals surface area contributed by atoms with Crippen molar-refractivity contribution in [3.8, 4) is 0 Å². The largest absolute Gasteiger partial charge is 0.663 e. The molecule has 3 nitrogen and oxygen atoms in total. The van der Waals surface area contributed by atoms with Crippen LogP contribution in [0.15, 0.2) is 40.3 Å². The maximum absolute atomic E-state index is 10.7. The van der Waals surface area contributed by atoms with Crippen LogP contribution in [-0.2, 0) is 37.5 Å². The van der Waals surface area contributed by atoms with E-state index in [4.69, 9.17) is 5.73 Å². The molecule has 0 bridgehead atoms. The van der Waals surface area contributed by atoms with Crippen LogP contribution in [0.3, 0.4) is 0 Å². The molecule has 1 radical (unpaired) electrons. The van der Waals surface area contributed by atoms with Gasteiger partial charge in [-0.05, 0) is 12.1 Å². The molecule has 1 amide bonds. The molecule has 0 aromatic heterocycles. The Morgan fingerprint density at radius 1 is 1.36 bits per heavy atom. The van der Waals surface area contributed by atoms with Crippen LogP contribution in [0.5, 0.6) is 0 Å². The molecule has 2 rings (SSSR count). The van der Waals surface area contributed by atoms with Crippen LogP contribution in [0, 0.1) is 0 Å². The molecule has 69 valence electrons. The number of carbonyl (C=O) groups is 1. The van der Waals surface area contributed by atoms with E-state index >= 15 is 0 Å². The predicted octanol–water partition coefficient (Wildman–Crippen LogP) is 2.62. The first-order valence-corrected chi connectivity index (χ1v) is 4.58. The number of anilines is 1. The zero-order valence-electron chi connectivity index (χ0n) is 7.28. The summed E-state index contributed by atoms with van der Waals surface area (Å²) in [5.41, 5.74) is 7.93. The van der Waals surface area contributed by atoms with Gasteiger partial charge in [-0.1, -0.05) is 23.9 Å². The van der Waals surface area contributed by atoms with Crippen molar-refractivity contribution >= 4 is 23.4 Å². The molecule has 0 saturated carbocycles. The minimum absolute atomic E-state index is 0. The van der Waals surface area contributed by atoms with E-state index < -0.39 is 5.91 Å². The minimum Gasteiger partial charge on any atom is -0.663 e. The summed E-state index contributed by atoms with van der Waals surface area (Å²) in [5.74, 6) is -0.646. The van der Waals surface area contributed by atoms with Gasteiger partial charge in [-0.2, -0.15) is 0 Å². The van der Waals surface area contributed by atoms with E-state index in [1.165, 1.54) is 11.8 Å². The molecule has 0 atom stereocenters. The first kappa shape index (κ1) is 11.8. The first-order valence-electron chi connectivity index (χ1n) is 3.77. The van der Waals surface area contributed by atoms with Crippen LogP contribution >= 0.6 is 11.8 Å². The molecular formula is C9H7N2OSY-. The van der Waals surface area contributed by atoms with E-state index in [2.05, 4.69) is 5.32 Å². The summed E-state index contributed by atoms with van der Waals surface area (Å²) in [6, 6.07) is 7.69. The Balaban J connectivity index is 0.000000980. The maximum Gasteiger partial charge on any atom is 0.0879 e. The van der Waals surface area contributed by atoms with Gasteiger partial charge in [0.2, 0.25) is 0 Å². The number of fused-ring (bicyclic) bond motifs is 1. The quantitative estimate of drug-likeness (QED) is 0.860. The van der Waals surface area contributed by atoms with Gasteiger partial charge >= 0.3 is 0 Å². The monoisotopic (exact) mass is 280 g/mol. The van der Waals surface area contributed by atoms with Crippen molar-refractivity contribution < 1.29 is 37.5 Å². The van der Waals surface area contributed by atoms with Crippen LogP contribution in [0.2, 0.25) is 0 Å². The molecule has 1 aliphatic heterocycles. The van der Waals surface area contributed by atoms with Crippen LogP contribution in [0.4, 0.5) is 5.69 Å². The number of hydrogen-bond donors (Lipinski definition) is 1. The number of carbonyl (C=O) groups excluding carboxylic acids is 1. The van der Waals surface area contributed by atoms with Crippen molar-refractivity contribution in [2.45, 2.75) is 4.90 Å². The fourth-order valence-corrected chi connectivity index (χ4v) is 1.91. The van der Waals surface area contributed by atoms with Crippen molar-refractivity contribution in [3.05, 3.63) is 41.1 Å². The van der Waals surface area contributed by atoms with E-state index in [1.807, 2.05) is 24.3 Å². The molecule has 0 spiro atoms. The van der Waals surface area contributed by atoms with E-state index in [0.29, 0.717) is 4.91 Å². The standard InChI is InChI=1S/C9H8N2OS.Y/c10-9(12)8-5-11-6-3-1-2-4-7(6)13-8;/h1-5H,(H3,10,11,12);/p-1. The van der Waals surface area contributed by atoms with Crippen molar-refractivity contribution in [1.82, 2.24) is 0 Å². The molecule has 14 heavy (non-hydrogen) atoms. The molecular weight excluding hydrogens is 273 g/mol. The van der Waals surface area contributed by atoms with Gasteiger partial charge in [-0.3, -0.25) is 0 Å². The molecule has 0 aliphatic carbocycles. The summed E-state index contributed by atoms with van der Waals surface area (Å²) < 4.78 is 0. The molecule has 1 heterocycles. The van der Waals surface area contributed by atoms with E-state index in [1.54, 1.807) is 6.20 Å². The number of amides is 1. The van der Waals surface area contributed by atoms with Crippen molar-refractivity contribution in [2.24, 2.45) is 0 Å². The second-order valence-electron chi connectivity index (χ2n) is 2.58. The third-order valence-corrected chi connectivity index (χ3v) is 2.79. The van der Waals surface area contributed by atoms with Crippen LogP contribution in [0.1, 0.15) is 0 Å². The number of para-hydroxylation sites is 1. The molecule has 1 aromatic carbocycles.